The molecule has 0 aromatic heterocycles. The highest BCUT2D eigenvalue weighted by molar-refractivity contribution is 5.87. The summed E-state index contributed by atoms with van der Waals surface area (Å²) in [5.41, 5.74) is 0. The van der Waals surface area contributed by atoms with Crippen molar-refractivity contribution in [3.8, 4) is 0 Å². The largest absolute Gasteiger partial charge is 0.547 e. The van der Waals surface area contributed by atoms with Gasteiger partial charge in [0.2, 0.25) is 0 Å². The zero-order valence-electron chi connectivity index (χ0n) is 6.66. The Labute approximate surface area is 70.2 Å². The summed E-state index contributed by atoms with van der Waals surface area (Å²) >= 11 is 0. The summed E-state index contributed by atoms with van der Waals surface area (Å²) in [6.07, 6.45) is 0.844. The summed E-state index contributed by atoms with van der Waals surface area (Å²) in [7, 11) is 0. The molecule has 1 N–H and O–H groups in total. The molecule has 0 aromatic carbocycles. The van der Waals surface area contributed by atoms with Gasteiger partial charge in [-0.15, -0.1) is 0 Å². The number of carboxylic acid groups (broad SMARTS) is 1. The van der Waals surface area contributed by atoms with Crippen LogP contribution < -0.4 is 5.11 Å². The van der Waals surface area contributed by atoms with Crippen LogP contribution in [0, 0.1) is 5.92 Å². The molecule has 1 rings (SSSR count). The highest BCUT2D eigenvalue weighted by Gasteiger charge is 2.29. The van der Waals surface area contributed by atoms with Gasteiger partial charge in [-0.1, -0.05) is 6.42 Å². The quantitative estimate of drug-likeness (QED) is 0.569. The monoisotopic (exact) mass is 171 g/mol. The van der Waals surface area contributed by atoms with E-state index in [2.05, 4.69) is 0 Å². The number of carbonyl (C=O) groups excluding carboxylic acids is 2. The van der Waals surface area contributed by atoms with Gasteiger partial charge >= 0.3 is 0 Å². The Morgan fingerprint density at radius 2 is 2.25 bits per heavy atom. The minimum atomic E-state index is -1.61. The van der Waals surface area contributed by atoms with Gasteiger partial charge in [0.05, 0.1) is 5.97 Å². The second kappa shape index (κ2) is 3.67. The van der Waals surface area contributed by atoms with Gasteiger partial charge < -0.3 is 15.0 Å². The summed E-state index contributed by atoms with van der Waals surface area (Å²) in [6.45, 7) is 0. The van der Waals surface area contributed by atoms with Crippen molar-refractivity contribution in [3.63, 3.8) is 0 Å². The number of aliphatic hydroxyl groups is 1. The molecule has 12 heavy (non-hydrogen) atoms. The number of carbonyl (C=O) groups is 2. The number of hydrogen-bond acceptors (Lipinski definition) is 4. The molecule has 1 saturated carbocycles. The third-order valence-electron chi connectivity index (χ3n) is 2.22. The van der Waals surface area contributed by atoms with Crippen LogP contribution in [0.3, 0.4) is 0 Å². The first-order valence-corrected chi connectivity index (χ1v) is 4.04. The molecule has 0 heterocycles. The van der Waals surface area contributed by atoms with Crippen LogP contribution in [0.4, 0.5) is 0 Å². The van der Waals surface area contributed by atoms with Gasteiger partial charge in [-0.3, -0.25) is 4.79 Å². The second-order valence-corrected chi connectivity index (χ2v) is 3.08. The molecule has 0 bridgehead atoms. The summed E-state index contributed by atoms with van der Waals surface area (Å²) in [5, 5.41) is 19.3. The SMILES string of the molecule is O=C([O-])C(O)C1CCCCC1=O. The number of aliphatic hydroxyl groups excluding tert-OH is 1. The first-order chi connectivity index (χ1) is 5.63. The Bertz CT molecular complexity index is 199. The number of hydrogen-bond donors (Lipinski definition) is 1. The summed E-state index contributed by atoms with van der Waals surface area (Å²) in [5.74, 6) is -2.43. The van der Waals surface area contributed by atoms with E-state index < -0.39 is 18.0 Å². The molecular weight excluding hydrogens is 160 g/mol. The predicted molar refractivity (Wildman–Crippen MR) is 38.0 cm³/mol. The molecule has 0 amide bonds. The van der Waals surface area contributed by atoms with Gasteiger partial charge in [0.15, 0.2) is 0 Å². The molecule has 0 spiro atoms. The van der Waals surface area contributed by atoms with E-state index in [1.54, 1.807) is 0 Å². The van der Waals surface area contributed by atoms with Gasteiger partial charge in [0.1, 0.15) is 11.9 Å². The van der Waals surface area contributed by atoms with Crippen molar-refractivity contribution in [1.29, 1.82) is 0 Å². The van der Waals surface area contributed by atoms with E-state index in [0.29, 0.717) is 12.8 Å². The summed E-state index contributed by atoms with van der Waals surface area (Å²) in [4.78, 5) is 21.3. The lowest BCUT2D eigenvalue weighted by molar-refractivity contribution is -0.316. The Morgan fingerprint density at radius 3 is 2.75 bits per heavy atom. The van der Waals surface area contributed by atoms with Crippen LogP contribution in [0.5, 0.6) is 0 Å². The Hall–Kier alpha value is -0.900. The van der Waals surface area contributed by atoms with Gasteiger partial charge in [-0.2, -0.15) is 0 Å². The van der Waals surface area contributed by atoms with Crippen LogP contribution in [-0.4, -0.2) is 23.0 Å². The molecule has 0 radical (unpaired) electrons. The van der Waals surface area contributed by atoms with Crippen molar-refractivity contribution in [2.45, 2.75) is 31.8 Å². The number of rotatable bonds is 2. The van der Waals surface area contributed by atoms with Crippen molar-refractivity contribution in [3.05, 3.63) is 0 Å². The Kier molecular flexibility index (Phi) is 2.81. The van der Waals surface area contributed by atoms with Crippen molar-refractivity contribution in [2.75, 3.05) is 0 Å². The third-order valence-corrected chi connectivity index (χ3v) is 2.22. The highest BCUT2D eigenvalue weighted by atomic mass is 16.4. The van der Waals surface area contributed by atoms with E-state index in [4.69, 9.17) is 5.11 Å². The second-order valence-electron chi connectivity index (χ2n) is 3.08. The normalized spacial score (nSPS) is 26.8. The predicted octanol–water partition coefficient (Wildman–Crippen LogP) is -1.14. The van der Waals surface area contributed by atoms with E-state index in [1.165, 1.54) is 0 Å². The number of ketones is 1. The average molecular weight is 171 g/mol. The lowest BCUT2D eigenvalue weighted by Crippen LogP contribution is -2.44. The third kappa shape index (κ3) is 1.82. The van der Waals surface area contributed by atoms with Crippen molar-refractivity contribution in [1.82, 2.24) is 0 Å². The maximum atomic E-state index is 11.1. The fraction of sp³-hybridized carbons (Fsp3) is 0.750. The molecule has 2 atom stereocenters. The standard InChI is InChI=1S/C8H12O4/c9-6-4-2-1-3-5(6)7(10)8(11)12/h5,7,10H,1-4H2,(H,11,12)/p-1. The fourth-order valence-electron chi connectivity index (χ4n) is 1.51. The van der Waals surface area contributed by atoms with E-state index in [1.807, 2.05) is 0 Å². The number of aliphatic carboxylic acids is 1. The molecular formula is C8H11O4-. The van der Waals surface area contributed by atoms with Crippen molar-refractivity contribution in [2.24, 2.45) is 5.92 Å². The molecule has 1 aliphatic rings. The van der Waals surface area contributed by atoms with Crippen LogP contribution in [0.2, 0.25) is 0 Å². The molecule has 0 aromatic rings. The van der Waals surface area contributed by atoms with E-state index in [9.17, 15) is 14.7 Å². The van der Waals surface area contributed by atoms with Crippen LogP contribution in [0.1, 0.15) is 25.7 Å². The van der Waals surface area contributed by atoms with Gasteiger partial charge in [-0.25, -0.2) is 0 Å². The van der Waals surface area contributed by atoms with Crippen molar-refractivity contribution >= 4 is 11.8 Å². The van der Waals surface area contributed by atoms with Crippen molar-refractivity contribution < 1.29 is 19.8 Å². The smallest absolute Gasteiger partial charge is 0.138 e. The molecule has 2 unspecified atom stereocenters. The molecule has 1 fully saturated rings. The zero-order valence-corrected chi connectivity index (χ0v) is 6.66. The minimum absolute atomic E-state index is 0.155. The van der Waals surface area contributed by atoms with Crippen LogP contribution in [0.25, 0.3) is 0 Å². The molecule has 4 nitrogen and oxygen atoms in total. The Morgan fingerprint density at radius 1 is 1.58 bits per heavy atom. The van der Waals surface area contributed by atoms with Gasteiger partial charge in [0.25, 0.3) is 0 Å². The lowest BCUT2D eigenvalue weighted by Gasteiger charge is -2.25. The molecule has 1 aliphatic carbocycles. The van der Waals surface area contributed by atoms with Crippen LogP contribution in [-0.2, 0) is 9.59 Å². The Balaban J connectivity index is 2.59. The average Bonchev–Trinajstić information content (AvgIpc) is 2.04. The van der Waals surface area contributed by atoms with Crippen LogP contribution in [0.15, 0.2) is 0 Å². The molecule has 4 heteroatoms. The summed E-state index contributed by atoms with van der Waals surface area (Å²) in [6, 6.07) is 0. The lowest BCUT2D eigenvalue weighted by atomic mass is 9.84. The topological polar surface area (TPSA) is 77.4 Å². The number of carboxylic acids is 1. The molecule has 0 saturated heterocycles. The first-order valence-electron chi connectivity index (χ1n) is 4.04. The highest BCUT2D eigenvalue weighted by Crippen LogP contribution is 2.23. The molecule has 0 aliphatic heterocycles. The molecule has 68 valence electrons. The maximum absolute atomic E-state index is 11.1. The fourth-order valence-corrected chi connectivity index (χ4v) is 1.51. The van der Waals surface area contributed by atoms with E-state index in [-0.39, 0.29) is 5.78 Å². The number of Topliss-reactive ketones (excluding diaryl/α,β-unsaturated/α-hetero) is 1. The minimum Gasteiger partial charge on any atom is -0.547 e. The summed E-state index contributed by atoms with van der Waals surface area (Å²) < 4.78 is 0. The van der Waals surface area contributed by atoms with Crippen LogP contribution >= 0.6 is 0 Å². The van der Waals surface area contributed by atoms with Gasteiger partial charge in [-0.05, 0) is 12.8 Å². The maximum Gasteiger partial charge on any atom is 0.138 e. The van der Waals surface area contributed by atoms with Gasteiger partial charge in [0, 0.05) is 12.3 Å². The van der Waals surface area contributed by atoms with E-state index >= 15 is 0 Å². The van der Waals surface area contributed by atoms with E-state index in [0.717, 1.165) is 12.8 Å². The first kappa shape index (κ1) is 9.19. The zero-order chi connectivity index (χ0) is 9.14.